The zero-order chi connectivity index (χ0) is 18.6. The molecule has 0 bridgehead atoms. The summed E-state index contributed by atoms with van der Waals surface area (Å²) in [6.45, 7) is -0.0108. The minimum Gasteiger partial charge on any atom is -0.334 e. The molecule has 0 saturated heterocycles. The lowest BCUT2D eigenvalue weighted by molar-refractivity contribution is -0.184. The van der Waals surface area contributed by atoms with Crippen LogP contribution in [0.3, 0.4) is 0 Å². The molecule has 6 nitrogen and oxygen atoms in total. The molecule has 0 unspecified atom stereocenters. The van der Waals surface area contributed by atoms with E-state index in [4.69, 9.17) is 5.73 Å². The molecule has 2 aromatic rings. The third-order valence-corrected chi connectivity index (χ3v) is 4.02. The number of carbonyl (C=O) groups is 2. The fourth-order valence-electron chi connectivity index (χ4n) is 2.01. The monoisotopic (exact) mass is 408 g/mol. The lowest BCUT2D eigenvalue weighted by atomic mass is 10.2. The largest absolute Gasteiger partial charge is 0.471 e. The second-order valence-electron chi connectivity index (χ2n) is 5.14. The summed E-state index contributed by atoms with van der Waals surface area (Å²) in [5.74, 6) is -2.38. The van der Waals surface area contributed by atoms with Crippen molar-refractivity contribution < 1.29 is 22.8 Å². The van der Waals surface area contributed by atoms with Crippen molar-refractivity contribution in [3.8, 4) is 0 Å². The molecule has 0 fully saturated rings. The summed E-state index contributed by atoms with van der Waals surface area (Å²) < 4.78 is 37.2. The third kappa shape index (κ3) is 5.68. The van der Waals surface area contributed by atoms with Crippen molar-refractivity contribution in [1.82, 2.24) is 9.88 Å². The lowest BCUT2D eigenvalue weighted by Crippen LogP contribution is -2.37. The molecular formula is C15H16ClF3N4O2S. The Hall–Kier alpha value is -2.17. The standard InChI is InChI=1S/C15H15F3N4O2S.ClH/c1-22(14(24)15(16,17)18)7-9-3-2-4-10(5-9)20-13(23)11-8-25-12(6-19)21-11;/h2-5,8H,6-7,19H2,1H3,(H,20,23);1H. The average Bonchev–Trinajstić information content (AvgIpc) is 3.02. The van der Waals surface area contributed by atoms with Crippen LogP contribution >= 0.6 is 23.7 Å². The van der Waals surface area contributed by atoms with E-state index in [1.165, 1.54) is 17.4 Å². The van der Waals surface area contributed by atoms with Crippen LogP contribution in [0.4, 0.5) is 18.9 Å². The number of nitrogens with two attached hydrogens (primary N) is 1. The van der Waals surface area contributed by atoms with Gasteiger partial charge in [-0.15, -0.1) is 23.7 Å². The lowest BCUT2D eigenvalue weighted by Gasteiger charge is -2.19. The Balaban J connectivity index is 0.00000338. The molecule has 2 amide bonds. The van der Waals surface area contributed by atoms with Gasteiger partial charge in [0.25, 0.3) is 5.91 Å². The second kappa shape index (κ2) is 8.97. The molecule has 0 saturated carbocycles. The van der Waals surface area contributed by atoms with E-state index in [-0.39, 0.29) is 31.2 Å². The van der Waals surface area contributed by atoms with Crippen molar-refractivity contribution in [1.29, 1.82) is 0 Å². The van der Waals surface area contributed by atoms with Gasteiger partial charge >= 0.3 is 12.1 Å². The number of rotatable bonds is 5. The third-order valence-electron chi connectivity index (χ3n) is 3.15. The fraction of sp³-hybridized carbons (Fsp3) is 0.267. The number of aromatic nitrogens is 1. The first-order valence-corrected chi connectivity index (χ1v) is 7.95. The summed E-state index contributed by atoms with van der Waals surface area (Å²) in [4.78, 5) is 27.9. The van der Waals surface area contributed by atoms with Gasteiger partial charge in [0.1, 0.15) is 10.7 Å². The molecular weight excluding hydrogens is 393 g/mol. The minimum atomic E-state index is -4.92. The number of hydrogen-bond donors (Lipinski definition) is 2. The molecule has 1 heterocycles. The van der Waals surface area contributed by atoms with Gasteiger partial charge in [0.15, 0.2) is 0 Å². The molecule has 2 rings (SSSR count). The zero-order valence-corrected chi connectivity index (χ0v) is 15.2. The molecule has 0 spiro atoms. The first-order valence-electron chi connectivity index (χ1n) is 7.07. The highest BCUT2D eigenvalue weighted by atomic mass is 35.5. The Bertz CT molecular complexity index is 782. The Morgan fingerprint density at radius 3 is 2.62 bits per heavy atom. The molecule has 3 N–H and O–H groups in total. The maximum absolute atomic E-state index is 12.4. The molecule has 0 radical (unpaired) electrons. The Morgan fingerprint density at radius 1 is 1.35 bits per heavy atom. The van der Waals surface area contributed by atoms with Crippen molar-refractivity contribution >= 4 is 41.2 Å². The minimum absolute atomic E-state index is 0. The van der Waals surface area contributed by atoms with Crippen LogP contribution in [-0.2, 0) is 17.9 Å². The van der Waals surface area contributed by atoms with Gasteiger partial charge in [0, 0.05) is 31.2 Å². The van der Waals surface area contributed by atoms with Gasteiger partial charge in [0.05, 0.1) is 0 Å². The van der Waals surface area contributed by atoms with E-state index < -0.39 is 18.0 Å². The van der Waals surface area contributed by atoms with Crippen LogP contribution in [0.2, 0.25) is 0 Å². The van der Waals surface area contributed by atoms with Gasteiger partial charge in [-0.3, -0.25) is 9.59 Å². The smallest absolute Gasteiger partial charge is 0.334 e. The van der Waals surface area contributed by atoms with E-state index in [1.807, 2.05) is 0 Å². The summed E-state index contributed by atoms with van der Waals surface area (Å²) in [6.07, 6.45) is -4.92. The van der Waals surface area contributed by atoms with E-state index in [1.54, 1.807) is 23.6 Å². The van der Waals surface area contributed by atoms with Crippen molar-refractivity contribution in [3.63, 3.8) is 0 Å². The van der Waals surface area contributed by atoms with Crippen molar-refractivity contribution in [3.05, 3.63) is 45.9 Å². The predicted octanol–water partition coefficient (Wildman–Crippen LogP) is 2.80. The number of nitrogens with one attached hydrogen (secondary N) is 1. The number of hydrogen-bond acceptors (Lipinski definition) is 5. The van der Waals surface area contributed by atoms with Crippen molar-refractivity contribution in [2.24, 2.45) is 5.73 Å². The number of anilines is 1. The van der Waals surface area contributed by atoms with Crippen LogP contribution < -0.4 is 11.1 Å². The molecule has 0 aliphatic carbocycles. The van der Waals surface area contributed by atoms with Crippen molar-refractivity contribution in [2.45, 2.75) is 19.3 Å². The maximum atomic E-state index is 12.4. The first kappa shape index (κ1) is 21.9. The predicted molar refractivity (Wildman–Crippen MR) is 94.2 cm³/mol. The van der Waals surface area contributed by atoms with Crippen molar-refractivity contribution in [2.75, 3.05) is 12.4 Å². The summed E-state index contributed by atoms with van der Waals surface area (Å²) in [5.41, 5.74) is 6.48. The fourth-order valence-corrected chi connectivity index (χ4v) is 2.67. The van der Waals surface area contributed by atoms with E-state index in [0.29, 0.717) is 21.2 Å². The Labute approximate surface area is 157 Å². The van der Waals surface area contributed by atoms with E-state index in [0.717, 1.165) is 7.05 Å². The maximum Gasteiger partial charge on any atom is 0.471 e. The number of nitrogens with zero attached hydrogens (tertiary/aromatic N) is 2. The van der Waals surface area contributed by atoms with E-state index in [2.05, 4.69) is 10.3 Å². The van der Waals surface area contributed by atoms with Crippen LogP contribution in [0.1, 0.15) is 21.1 Å². The van der Waals surface area contributed by atoms with Crippen LogP contribution in [0, 0.1) is 0 Å². The van der Waals surface area contributed by atoms with Gasteiger partial charge in [-0.25, -0.2) is 4.98 Å². The van der Waals surface area contributed by atoms with Crippen LogP contribution in [0.15, 0.2) is 29.6 Å². The molecule has 1 aromatic heterocycles. The molecule has 11 heteroatoms. The van der Waals surface area contributed by atoms with Gasteiger partial charge in [0.2, 0.25) is 0 Å². The van der Waals surface area contributed by atoms with Gasteiger partial charge in [-0.05, 0) is 17.7 Å². The summed E-state index contributed by atoms with van der Waals surface area (Å²) in [6, 6.07) is 6.21. The summed E-state index contributed by atoms with van der Waals surface area (Å²) >= 11 is 1.26. The number of halogens is 4. The van der Waals surface area contributed by atoms with Crippen LogP contribution in [-0.4, -0.2) is 34.9 Å². The quantitative estimate of drug-likeness (QED) is 0.796. The molecule has 0 aliphatic rings. The van der Waals surface area contributed by atoms with Gasteiger partial charge in [-0.2, -0.15) is 13.2 Å². The van der Waals surface area contributed by atoms with Crippen LogP contribution in [0.5, 0.6) is 0 Å². The normalized spacial score (nSPS) is 10.8. The highest BCUT2D eigenvalue weighted by Crippen LogP contribution is 2.20. The highest BCUT2D eigenvalue weighted by molar-refractivity contribution is 7.09. The van der Waals surface area contributed by atoms with Crippen LogP contribution in [0.25, 0.3) is 0 Å². The van der Waals surface area contributed by atoms with E-state index in [9.17, 15) is 22.8 Å². The number of thiazole rings is 1. The van der Waals surface area contributed by atoms with E-state index >= 15 is 0 Å². The van der Waals surface area contributed by atoms with Gasteiger partial charge in [-0.1, -0.05) is 12.1 Å². The first-order chi connectivity index (χ1) is 11.7. The number of amides is 2. The zero-order valence-electron chi connectivity index (χ0n) is 13.5. The molecule has 0 atom stereocenters. The SMILES string of the molecule is CN(Cc1cccc(NC(=O)c2csc(CN)n2)c1)C(=O)C(F)(F)F.Cl. The highest BCUT2D eigenvalue weighted by Gasteiger charge is 2.41. The number of carbonyl (C=O) groups excluding carboxylic acids is 2. The second-order valence-corrected chi connectivity index (χ2v) is 6.09. The number of benzene rings is 1. The molecule has 142 valence electrons. The topological polar surface area (TPSA) is 88.3 Å². The Kier molecular flexibility index (Phi) is 7.54. The molecule has 0 aliphatic heterocycles. The Morgan fingerprint density at radius 2 is 2.04 bits per heavy atom. The summed E-state index contributed by atoms with van der Waals surface area (Å²) in [5, 5.41) is 4.79. The van der Waals surface area contributed by atoms with Gasteiger partial charge < -0.3 is 16.0 Å². The molecule has 1 aromatic carbocycles. The number of alkyl halides is 3. The molecule has 26 heavy (non-hydrogen) atoms. The summed E-state index contributed by atoms with van der Waals surface area (Å²) in [7, 11) is 1.06. The average molecular weight is 409 g/mol.